The van der Waals surface area contributed by atoms with Crippen molar-refractivity contribution >= 4 is 11.8 Å². The van der Waals surface area contributed by atoms with E-state index >= 15 is 0 Å². The van der Waals surface area contributed by atoms with E-state index in [-0.39, 0.29) is 11.8 Å². The Labute approximate surface area is 145 Å². The Bertz CT molecular complexity index is 611. The summed E-state index contributed by atoms with van der Waals surface area (Å²) in [4.78, 5) is 25.2. The van der Waals surface area contributed by atoms with E-state index in [0.29, 0.717) is 22.0 Å². The molecule has 0 atom stereocenters. The Morgan fingerprint density at radius 2 is 1.33 bits per heavy atom. The monoisotopic (exact) mass is 331 g/mol. The molecule has 1 aromatic carbocycles. The largest absolute Gasteiger partial charge is 0.380 e. The predicted molar refractivity (Wildman–Crippen MR) is 95.1 cm³/mol. The first-order valence-corrected chi connectivity index (χ1v) is 8.44. The number of carbonyl (C=O) groups is 2. The van der Waals surface area contributed by atoms with Gasteiger partial charge in [-0.05, 0) is 38.3 Å². The molecule has 3 rings (SSSR count). The highest BCUT2D eigenvalue weighted by Crippen LogP contribution is 2.43. The van der Waals surface area contributed by atoms with Crippen molar-refractivity contribution in [2.45, 2.75) is 54.0 Å². The average Bonchev–Trinajstić information content (AvgIpc) is 2.68. The summed E-state index contributed by atoms with van der Waals surface area (Å²) in [6, 6.07) is 6.94. The number of ether oxygens (including phenoxy) is 1. The summed E-state index contributed by atoms with van der Waals surface area (Å²) in [5.41, 5.74) is 1.40. The molecule has 0 saturated carbocycles. The van der Waals surface area contributed by atoms with Crippen LogP contribution in [0.1, 0.15) is 69.2 Å². The van der Waals surface area contributed by atoms with Crippen LogP contribution in [-0.4, -0.2) is 35.5 Å². The second-order valence-corrected chi connectivity index (χ2v) is 8.97. The zero-order valence-corrected chi connectivity index (χ0v) is 15.9. The van der Waals surface area contributed by atoms with Crippen LogP contribution >= 0.6 is 0 Å². The van der Waals surface area contributed by atoms with E-state index in [2.05, 4.69) is 27.7 Å². The van der Waals surface area contributed by atoms with Crippen LogP contribution in [0.2, 0.25) is 0 Å². The molecule has 0 unspecified atom stereocenters. The number of carbonyl (C=O) groups excluding carboxylic acids is 2. The highest BCUT2D eigenvalue weighted by atomic mass is 16.5. The maximum absolute atomic E-state index is 12.0. The number of amides is 2. The van der Waals surface area contributed by atoms with Gasteiger partial charge in [-0.1, -0.05) is 39.8 Å². The van der Waals surface area contributed by atoms with Crippen LogP contribution in [-0.2, 0) is 4.74 Å². The standard InChI is InChI=1S/C12H13NO2.C8H16O/c1-12(2,3)13-10(14)8-6-4-5-7-9(8)11(13)15;1-7(2,3)8(4)5-9-6-8/h4-7H,1-3H3;5-6H2,1-4H3. The van der Waals surface area contributed by atoms with Crippen LogP contribution in [0.5, 0.6) is 0 Å². The van der Waals surface area contributed by atoms with Gasteiger partial charge in [-0.15, -0.1) is 0 Å². The lowest BCUT2D eigenvalue weighted by molar-refractivity contribution is -0.158. The van der Waals surface area contributed by atoms with Crippen molar-refractivity contribution in [1.82, 2.24) is 4.90 Å². The molecular weight excluding hydrogens is 302 g/mol. The minimum atomic E-state index is -0.465. The molecular formula is C20H29NO3. The van der Waals surface area contributed by atoms with Gasteiger partial charge in [0.15, 0.2) is 0 Å². The number of hydrogen-bond acceptors (Lipinski definition) is 3. The molecule has 0 radical (unpaired) electrons. The molecule has 24 heavy (non-hydrogen) atoms. The molecule has 0 bridgehead atoms. The number of rotatable bonds is 0. The van der Waals surface area contributed by atoms with Gasteiger partial charge in [0.25, 0.3) is 11.8 Å². The number of nitrogens with zero attached hydrogens (tertiary/aromatic N) is 1. The van der Waals surface area contributed by atoms with Gasteiger partial charge in [-0.3, -0.25) is 14.5 Å². The van der Waals surface area contributed by atoms with Crippen molar-refractivity contribution in [3.8, 4) is 0 Å². The summed E-state index contributed by atoms with van der Waals surface area (Å²) in [5, 5.41) is 0. The highest BCUT2D eigenvalue weighted by Gasteiger charge is 2.43. The van der Waals surface area contributed by atoms with Gasteiger partial charge in [-0.2, -0.15) is 0 Å². The molecule has 1 aromatic rings. The molecule has 0 aliphatic carbocycles. The van der Waals surface area contributed by atoms with E-state index in [1.54, 1.807) is 24.3 Å². The molecule has 4 nitrogen and oxygen atoms in total. The average molecular weight is 331 g/mol. The zero-order valence-electron chi connectivity index (χ0n) is 15.9. The van der Waals surface area contributed by atoms with E-state index in [1.807, 2.05) is 20.8 Å². The van der Waals surface area contributed by atoms with Crippen LogP contribution in [0.3, 0.4) is 0 Å². The second-order valence-electron chi connectivity index (χ2n) is 8.97. The summed E-state index contributed by atoms with van der Waals surface area (Å²) >= 11 is 0. The fourth-order valence-corrected chi connectivity index (χ4v) is 2.64. The Morgan fingerprint density at radius 1 is 0.917 bits per heavy atom. The molecule has 0 N–H and O–H groups in total. The van der Waals surface area contributed by atoms with E-state index in [1.165, 1.54) is 4.90 Å². The van der Waals surface area contributed by atoms with Crippen molar-refractivity contribution < 1.29 is 14.3 Å². The van der Waals surface area contributed by atoms with Crippen molar-refractivity contribution in [1.29, 1.82) is 0 Å². The predicted octanol–water partition coefficient (Wildman–Crippen LogP) is 4.15. The van der Waals surface area contributed by atoms with E-state index in [9.17, 15) is 9.59 Å². The zero-order chi connectivity index (χ0) is 18.3. The van der Waals surface area contributed by atoms with Crippen molar-refractivity contribution in [2.75, 3.05) is 13.2 Å². The summed E-state index contributed by atoms with van der Waals surface area (Å²) < 4.78 is 5.16. The van der Waals surface area contributed by atoms with Crippen molar-refractivity contribution in [2.24, 2.45) is 10.8 Å². The second kappa shape index (κ2) is 5.99. The Morgan fingerprint density at radius 3 is 1.54 bits per heavy atom. The number of imide groups is 1. The molecule has 1 fully saturated rings. The maximum atomic E-state index is 12.0. The van der Waals surface area contributed by atoms with Crippen LogP contribution in [0, 0.1) is 10.8 Å². The lowest BCUT2D eigenvalue weighted by Crippen LogP contribution is -2.49. The summed E-state index contributed by atoms with van der Waals surface area (Å²) in [6.45, 7) is 16.6. The topological polar surface area (TPSA) is 46.6 Å². The van der Waals surface area contributed by atoms with E-state index < -0.39 is 5.54 Å². The first-order valence-electron chi connectivity index (χ1n) is 8.44. The molecule has 1 saturated heterocycles. The Kier molecular flexibility index (Phi) is 4.66. The van der Waals surface area contributed by atoms with Gasteiger partial charge in [-0.25, -0.2) is 0 Å². The molecule has 0 aromatic heterocycles. The Hall–Kier alpha value is -1.68. The molecule has 132 valence electrons. The van der Waals surface area contributed by atoms with Gasteiger partial charge in [0.2, 0.25) is 0 Å². The Balaban J connectivity index is 0.000000198. The minimum Gasteiger partial charge on any atom is -0.380 e. The molecule has 2 aliphatic rings. The summed E-state index contributed by atoms with van der Waals surface area (Å²) in [7, 11) is 0. The van der Waals surface area contributed by atoms with Gasteiger partial charge >= 0.3 is 0 Å². The van der Waals surface area contributed by atoms with Gasteiger partial charge in [0, 0.05) is 11.0 Å². The van der Waals surface area contributed by atoms with Gasteiger partial charge in [0.1, 0.15) is 0 Å². The van der Waals surface area contributed by atoms with Crippen LogP contribution < -0.4 is 0 Å². The lowest BCUT2D eigenvalue weighted by atomic mass is 9.67. The van der Waals surface area contributed by atoms with Crippen LogP contribution in [0.25, 0.3) is 0 Å². The molecule has 2 amide bonds. The smallest absolute Gasteiger partial charge is 0.262 e. The molecule has 2 heterocycles. The van der Waals surface area contributed by atoms with E-state index in [4.69, 9.17) is 4.74 Å². The fraction of sp³-hybridized carbons (Fsp3) is 0.600. The number of hydrogen-bond donors (Lipinski definition) is 0. The summed E-state index contributed by atoms with van der Waals surface area (Å²) in [5.74, 6) is -0.383. The summed E-state index contributed by atoms with van der Waals surface area (Å²) in [6.07, 6.45) is 0. The van der Waals surface area contributed by atoms with Crippen molar-refractivity contribution in [3.63, 3.8) is 0 Å². The third kappa shape index (κ3) is 3.25. The first kappa shape index (κ1) is 18.7. The van der Waals surface area contributed by atoms with Gasteiger partial charge < -0.3 is 4.74 Å². The SMILES string of the molecule is CC(C)(C)C1(C)COC1.CC(C)(C)N1C(=O)c2ccccc2C1=O. The van der Waals surface area contributed by atoms with Gasteiger partial charge in [0.05, 0.1) is 24.3 Å². The normalized spacial score (nSPS) is 19.4. The first-order chi connectivity index (χ1) is 10.9. The van der Waals surface area contributed by atoms with Crippen LogP contribution in [0.4, 0.5) is 0 Å². The molecule has 0 spiro atoms. The van der Waals surface area contributed by atoms with Crippen LogP contribution in [0.15, 0.2) is 24.3 Å². The maximum Gasteiger partial charge on any atom is 0.262 e. The lowest BCUT2D eigenvalue weighted by Gasteiger charge is -2.48. The quantitative estimate of drug-likeness (QED) is 0.671. The number of fused-ring (bicyclic) bond motifs is 1. The number of benzene rings is 1. The highest BCUT2D eigenvalue weighted by molar-refractivity contribution is 6.21. The molecule has 2 aliphatic heterocycles. The minimum absolute atomic E-state index is 0.192. The fourth-order valence-electron chi connectivity index (χ4n) is 2.64. The molecule has 4 heteroatoms. The third-order valence-corrected chi connectivity index (χ3v) is 5.12. The third-order valence-electron chi connectivity index (χ3n) is 5.12. The van der Waals surface area contributed by atoms with Crippen molar-refractivity contribution in [3.05, 3.63) is 35.4 Å². The van der Waals surface area contributed by atoms with E-state index in [0.717, 1.165) is 13.2 Å².